The Balaban J connectivity index is 2.53. The summed E-state index contributed by atoms with van der Waals surface area (Å²) in [4.78, 5) is 25.6. The molecule has 2 amide bonds. The minimum absolute atomic E-state index is 0.212. The lowest BCUT2D eigenvalue weighted by atomic mass is 10.0. The molecule has 0 aliphatic heterocycles. The molecule has 5 nitrogen and oxygen atoms in total. The third-order valence-corrected chi connectivity index (χ3v) is 3.48. The maximum absolute atomic E-state index is 11.9. The Morgan fingerprint density at radius 2 is 2.16 bits per heavy atom. The molecule has 1 aromatic rings. The SMILES string of the molecule is CC(C)CC(NC(=O)N(C)Cc1cccs1)C(=O)O. The molecule has 1 unspecified atom stereocenters. The first kappa shape index (κ1) is 15.5. The highest BCUT2D eigenvalue weighted by Gasteiger charge is 2.22. The summed E-state index contributed by atoms with van der Waals surface area (Å²) in [6, 6.07) is 2.67. The van der Waals surface area contributed by atoms with Gasteiger partial charge in [0.15, 0.2) is 0 Å². The molecule has 0 bridgehead atoms. The van der Waals surface area contributed by atoms with Crippen molar-refractivity contribution in [2.45, 2.75) is 32.9 Å². The molecule has 2 N–H and O–H groups in total. The van der Waals surface area contributed by atoms with E-state index in [0.717, 1.165) is 4.88 Å². The van der Waals surface area contributed by atoms with E-state index in [1.807, 2.05) is 31.4 Å². The largest absolute Gasteiger partial charge is 0.480 e. The van der Waals surface area contributed by atoms with Crippen LogP contribution in [-0.2, 0) is 11.3 Å². The van der Waals surface area contributed by atoms with Gasteiger partial charge in [0, 0.05) is 11.9 Å². The number of amides is 2. The zero-order valence-corrected chi connectivity index (χ0v) is 12.2. The number of carbonyl (C=O) groups is 2. The molecule has 0 aromatic carbocycles. The van der Waals surface area contributed by atoms with E-state index in [9.17, 15) is 9.59 Å². The summed E-state index contributed by atoms with van der Waals surface area (Å²) in [5, 5.41) is 13.6. The van der Waals surface area contributed by atoms with E-state index < -0.39 is 12.0 Å². The number of urea groups is 1. The van der Waals surface area contributed by atoms with Gasteiger partial charge in [0.25, 0.3) is 0 Å². The highest BCUT2D eigenvalue weighted by molar-refractivity contribution is 7.09. The average Bonchev–Trinajstić information content (AvgIpc) is 2.79. The number of carboxylic acid groups (broad SMARTS) is 1. The molecule has 6 heteroatoms. The quantitative estimate of drug-likeness (QED) is 0.842. The van der Waals surface area contributed by atoms with Crippen molar-refractivity contribution in [2.24, 2.45) is 5.92 Å². The number of thiophene rings is 1. The maximum Gasteiger partial charge on any atom is 0.326 e. The molecule has 1 atom stereocenters. The summed E-state index contributed by atoms with van der Waals surface area (Å²) in [6.07, 6.45) is 0.425. The van der Waals surface area contributed by atoms with Crippen molar-refractivity contribution < 1.29 is 14.7 Å². The van der Waals surface area contributed by atoms with Gasteiger partial charge in [-0.1, -0.05) is 19.9 Å². The summed E-state index contributed by atoms with van der Waals surface area (Å²) in [5.41, 5.74) is 0. The number of hydrogen-bond acceptors (Lipinski definition) is 3. The lowest BCUT2D eigenvalue weighted by Crippen LogP contribution is -2.46. The van der Waals surface area contributed by atoms with Crippen molar-refractivity contribution in [3.05, 3.63) is 22.4 Å². The fourth-order valence-corrected chi connectivity index (χ4v) is 2.42. The van der Waals surface area contributed by atoms with Gasteiger partial charge in [0.05, 0.1) is 6.54 Å². The van der Waals surface area contributed by atoms with E-state index in [2.05, 4.69) is 5.32 Å². The number of nitrogens with one attached hydrogen (secondary N) is 1. The Labute approximate surface area is 117 Å². The van der Waals surface area contributed by atoms with Crippen molar-refractivity contribution in [1.82, 2.24) is 10.2 Å². The minimum atomic E-state index is -0.994. The lowest BCUT2D eigenvalue weighted by Gasteiger charge is -2.22. The van der Waals surface area contributed by atoms with Crippen LogP contribution in [-0.4, -0.2) is 35.1 Å². The second-order valence-corrected chi connectivity index (χ2v) is 5.94. The number of carbonyl (C=O) groups excluding carboxylic acids is 1. The van der Waals surface area contributed by atoms with Crippen molar-refractivity contribution >= 4 is 23.3 Å². The van der Waals surface area contributed by atoms with Crippen LogP contribution in [0.25, 0.3) is 0 Å². The molecule has 0 spiro atoms. The van der Waals surface area contributed by atoms with E-state index in [4.69, 9.17) is 5.11 Å². The summed E-state index contributed by atoms with van der Waals surface area (Å²) < 4.78 is 0. The van der Waals surface area contributed by atoms with Crippen molar-refractivity contribution in [2.75, 3.05) is 7.05 Å². The zero-order valence-electron chi connectivity index (χ0n) is 11.4. The first-order valence-electron chi connectivity index (χ1n) is 6.17. The summed E-state index contributed by atoms with van der Waals surface area (Å²) in [7, 11) is 1.66. The third kappa shape index (κ3) is 5.30. The highest BCUT2D eigenvalue weighted by atomic mass is 32.1. The molecule has 0 aliphatic rings. The second kappa shape index (κ2) is 7.13. The standard InChI is InChI=1S/C13H20N2O3S/c1-9(2)7-11(12(16)17)14-13(18)15(3)8-10-5-4-6-19-10/h4-6,9,11H,7-8H2,1-3H3,(H,14,18)(H,16,17). The van der Waals surface area contributed by atoms with Gasteiger partial charge in [-0.3, -0.25) is 0 Å². The number of aliphatic carboxylic acids is 1. The average molecular weight is 284 g/mol. The van der Waals surface area contributed by atoms with E-state index in [-0.39, 0.29) is 11.9 Å². The molecular formula is C13H20N2O3S. The fraction of sp³-hybridized carbons (Fsp3) is 0.538. The highest BCUT2D eigenvalue weighted by Crippen LogP contribution is 2.11. The van der Waals surface area contributed by atoms with Gasteiger partial charge in [0.2, 0.25) is 0 Å². The Bertz CT molecular complexity index is 418. The van der Waals surface area contributed by atoms with Crippen LogP contribution in [0.3, 0.4) is 0 Å². The molecule has 1 rings (SSSR count). The van der Waals surface area contributed by atoms with Gasteiger partial charge in [-0.25, -0.2) is 9.59 Å². The predicted octanol–water partition coefficient (Wildman–Crippen LogP) is 2.39. The van der Waals surface area contributed by atoms with Gasteiger partial charge >= 0.3 is 12.0 Å². The van der Waals surface area contributed by atoms with Gasteiger partial charge < -0.3 is 15.3 Å². The molecule has 0 saturated heterocycles. The molecule has 19 heavy (non-hydrogen) atoms. The van der Waals surface area contributed by atoms with Crippen LogP contribution in [0.5, 0.6) is 0 Å². The van der Waals surface area contributed by atoms with Crippen LogP contribution < -0.4 is 5.32 Å². The lowest BCUT2D eigenvalue weighted by molar-refractivity contribution is -0.139. The molecule has 0 fully saturated rings. The zero-order chi connectivity index (χ0) is 14.4. The molecule has 1 heterocycles. The molecule has 1 aromatic heterocycles. The number of carboxylic acids is 1. The monoisotopic (exact) mass is 284 g/mol. The van der Waals surface area contributed by atoms with Crippen molar-refractivity contribution in [1.29, 1.82) is 0 Å². The van der Waals surface area contributed by atoms with Crippen LogP contribution in [0.15, 0.2) is 17.5 Å². The summed E-state index contributed by atoms with van der Waals surface area (Å²) >= 11 is 1.57. The second-order valence-electron chi connectivity index (χ2n) is 4.91. The van der Waals surface area contributed by atoms with E-state index >= 15 is 0 Å². The minimum Gasteiger partial charge on any atom is -0.480 e. The Hall–Kier alpha value is -1.56. The Morgan fingerprint density at radius 3 is 2.63 bits per heavy atom. The third-order valence-electron chi connectivity index (χ3n) is 2.62. The molecule has 0 radical (unpaired) electrons. The van der Waals surface area contributed by atoms with Gasteiger partial charge in [-0.2, -0.15) is 0 Å². The molecule has 0 aliphatic carbocycles. The predicted molar refractivity (Wildman–Crippen MR) is 75.2 cm³/mol. The van der Waals surface area contributed by atoms with Crippen LogP contribution >= 0.6 is 11.3 Å². The Morgan fingerprint density at radius 1 is 1.47 bits per heavy atom. The van der Waals surface area contributed by atoms with Crippen LogP contribution in [0.4, 0.5) is 4.79 Å². The maximum atomic E-state index is 11.9. The number of rotatable bonds is 6. The van der Waals surface area contributed by atoms with Crippen LogP contribution in [0.1, 0.15) is 25.1 Å². The van der Waals surface area contributed by atoms with Gasteiger partial charge in [0.1, 0.15) is 6.04 Å². The van der Waals surface area contributed by atoms with Crippen molar-refractivity contribution in [3.8, 4) is 0 Å². The first-order valence-corrected chi connectivity index (χ1v) is 7.05. The molecule has 0 saturated carbocycles. The molecule has 106 valence electrons. The summed E-state index contributed by atoms with van der Waals surface area (Å²) in [6.45, 7) is 4.34. The van der Waals surface area contributed by atoms with Gasteiger partial charge in [-0.05, 0) is 23.8 Å². The topological polar surface area (TPSA) is 69.6 Å². The van der Waals surface area contributed by atoms with Crippen LogP contribution in [0.2, 0.25) is 0 Å². The number of hydrogen-bond donors (Lipinski definition) is 2. The fourth-order valence-electron chi connectivity index (χ4n) is 1.66. The van der Waals surface area contributed by atoms with Crippen molar-refractivity contribution in [3.63, 3.8) is 0 Å². The number of nitrogens with zero attached hydrogens (tertiary/aromatic N) is 1. The molecular weight excluding hydrogens is 264 g/mol. The normalized spacial score (nSPS) is 12.2. The van der Waals surface area contributed by atoms with E-state index in [1.165, 1.54) is 4.90 Å². The summed E-state index contributed by atoms with van der Waals surface area (Å²) in [5.74, 6) is -0.782. The van der Waals surface area contributed by atoms with E-state index in [0.29, 0.717) is 13.0 Å². The van der Waals surface area contributed by atoms with E-state index in [1.54, 1.807) is 18.4 Å². The first-order chi connectivity index (χ1) is 8.90. The van der Waals surface area contributed by atoms with Gasteiger partial charge in [-0.15, -0.1) is 11.3 Å². The smallest absolute Gasteiger partial charge is 0.326 e. The Kier molecular flexibility index (Phi) is 5.82. The van der Waals surface area contributed by atoms with Crippen LogP contribution in [0, 0.1) is 5.92 Å².